The molecule has 0 heterocycles. The van der Waals surface area contributed by atoms with Gasteiger partial charge in [-0.2, -0.15) is 0 Å². The van der Waals surface area contributed by atoms with Crippen molar-refractivity contribution in [3.05, 3.63) is 77.9 Å². The van der Waals surface area contributed by atoms with Crippen molar-refractivity contribution in [1.29, 1.82) is 0 Å². The molecular formula is C21H20O2S. The van der Waals surface area contributed by atoms with Gasteiger partial charge in [-0.3, -0.25) is 0 Å². The summed E-state index contributed by atoms with van der Waals surface area (Å²) in [6.07, 6.45) is 0. The van der Waals surface area contributed by atoms with E-state index in [2.05, 4.69) is 6.92 Å². The minimum atomic E-state index is -1.22. The van der Waals surface area contributed by atoms with Gasteiger partial charge in [0.1, 0.15) is 5.75 Å². The monoisotopic (exact) mass is 336 g/mol. The molecule has 3 aromatic carbocycles. The molecular weight excluding hydrogens is 316 g/mol. The van der Waals surface area contributed by atoms with Gasteiger partial charge >= 0.3 is 0 Å². The predicted molar refractivity (Wildman–Crippen MR) is 99.0 cm³/mol. The number of rotatable bonds is 4. The van der Waals surface area contributed by atoms with Crippen LogP contribution in [-0.2, 0) is 11.2 Å². The zero-order valence-electron chi connectivity index (χ0n) is 14.1. The van der Waals surface area contributed by atoms with Gasteiger partial charge in [0.15, 0.2) is 9.79 Å². The fraction of sp³-hybridized carbons (Fsp3) is 0.143. The Labute approximate surface area is 146 Å². The second-order valence-electron chi connectivity index (χ2n) is 5.76. The van der Waals surface area contributed by atoms with Crippen molar-refractivity contribution in [2.24, 2.45) is 0 Å². The molecule has 0 radical (unpaired) electrons. The van der Waals surface area contributed by atoms with E-state index in [0.717, 1.165) is 37.8 Å². The normalized spacial score (nSPS) is 12.0. The molecule has 2 nitrogen and oxygen atoms in total. The van der Waals surface area contributed by atoms with Gasteiger partial charge in [-0.05, 0) is 61.4 Å². The summed E-state index contributed by atoms with van der Waals surface area (Å²) in [6, 6.07) is 21.7. The Hall–Kier alpha value is -2.23. The van der Waals surface area contributed by atoms with Gasteiger partial charge in [-0.1, -0.05) is 35.9 Å². The lowest BCUT2D eigenvalue weighted by molar-refractivity contribution is 0.415. The maximum absolute atomic E-state index is 13.1. The van der Waals surface area contributed by atoms with Gasteiger partial charge in [0.05, 0.1) is 7.11 Å². The van der Waals surface area contributed by atoms with Crippen molar-refractivity contribution in [3.63, 3.8) is 0 Å². The van der Waals surface area contributed by atoms with Gasteiger partial charge in [-0.15, -0.1) is 0 Å². The standard InChI is InChI=1S/C21H20O2S/c1-15-8-12-18(13-9-15)24(22)21-7-5-4-6-19(21)20-14-17(23-3)11-10-16(20)2/h4-14H,1-3H3. The van der Waals surface area contributed by atoms with Crippen LogP contribution in [0.2, 0.25) is 0 Å². The fourth-order valence-electron chi connectivity index (χ4n) is 2.66. The molecule has 0 saturated heterocycles. The van der Waals surface area contributed by atoms with E-state index in [4.69, 9.17) is 4.74 Å². The second kappa shape index (κ2) is 7.12. The van der Waals surface area contributed by atoms with Crippen molar-refractivity contribution in [2.75, 3.05) is 7.11 Å². The Balaban J connectivity index is 2.10. The van der Waals surface area contributed by atoms with Gasteiger partial charge in [0, 0.05) is 16.7 Å². The van der Waals surface area contributed by atoms with Crippen molar-refractivity contribution >= 4 is 11.2 Å². The molecule has 3 heteroatoms. The summed E-state index contributed by atoms with van der Waals surface area (Å²) >= 11 is -1.22. The third-order valence-corrected chi connectivity index (χ3v) is 5.51. The van der Waals surface area contributed by atoms with Gasteiger partial charge in [0.25, 0.3) is 0 Å². The summed E-state index contributed by atoms with van der Waals surface area (Å²) in [7, 11) is 1.66. The van der Waals surface area contributed by atoms with E-state index in [0.29, 0.717) is 0 Å². The number of hydrogen-bond acceptors (Lipinski definition) is 2. The third-order valence-electron chi connectivity index (χ3n) is 4.06. The second-order valence-corrected chi connectivity index (χ2v) is 7.21. The molecule has 0 aliphatic carbocycles. The maximum atomic E-state index is 13.1. The Morgan fingerprint density at radius 3 is 2.25 bits per heavy atom. The zero-order valence-corrected chi connectivity index (χ0v) is 14.9. The first-order chi connectivity index (χ1) is 11.6. The van der Waals surface area contributed by atoms with Crippen LogP contribution in [0.15, 0.2) is 76.5 Å². The molecule has 0 aromatic heterocycles. The maximum Gasteiger partial charge on any atom is 0.166 e. The van der Waals surface area contributed by atoms with Crippen molar-refractivity contribution in [3.8, 4) is 16.9 Å². The molecule has 0 amide bonds. The molecule has 122 valence electrons. The third kappa shape index (κ3) is 3.32. The fourth-order valence-corrected chi connectivity index (χ4v) is 3.88. The quantitative estimate of drug-likeness (QED) is 0.617. The first-order valence-electron chi connectivity index (χ1n) is 7.82. The van der Waals surface area contributed by atoms with Crippen LogP contribution in [0.5, 0.6) is 5.75 Å². The lowest BCUT2D eigenvalue weighted by atomic mass is 10.0. The van der Waals surface area contributed by atoms with Crippen LogP contribution in [0.25, 0.3) is 11.1 Å². The SMILES string of the molecule is COc1ccc(C)c(-c2ccccc2[S+]([O-])c2ccc(C)cc2)c1. The van der Waals surface area contributed by atoms with Crippen LogP contribution in [0.1, 0.15) is 11.1 Å². The molecule has 1 atom stereocenters. The van der Waals surface area contributed by atoms with Crippen molar-refractivity contribution < 1.29 is 9.29 Å². The van der Waals surface area contributed by atoms with Crippen LogP contribution in [-0.4, -0.2) is 11.7 Å². The zero-order chi connectivity index (χ0) is 17.1. The molecule has 0 spiro atoms. The molecule has 0 aliphatic rings. The highest BCUT2D eigenvalue weighted by Gasteiger charge is 2.20. The Morgan fingerprint density at radius 1 is 0.833 bits per heavy atom. The molecule has 0 bridgehead atoms. The lowest BCUT2D eigenvalue weighted by Gasteiger charge is -2.16. The molecule has 3 aromatic rings. The van der Waals surface area contributed by atoms with Crippen LogP contribution < -0.4 is 4.74 Å². The van der Waals surface area contributed by atoms with Gasteiger partial charge in [-0.25, -0.2) is 0 Å². The topological polar surface area (TPSA) is 32.3 Å². The smallest absolute Gasteiger partial charge is 0.166 e. The molecule has 0 saturated carbocycles. The van der Waals surface area contributed by atoms with E-state index >= 15 is 0 Å². The minimum Gasteiger partial charge on any atom is -0.606 e. The summed E-state index contributed by atoms with van der Waals surface area (Å²) in [5.74, 6) is 0.798. The van der Waals surface area contributed by atoms with E-state index in [-0.39, 0.29) is 0 Å². The van der Waals surface area contributed by atoms with E-state index in [1.807, 2.05) is 73.7 Å². The summed E-state index contributed by atoms with van der Waals surface area (Å²) in [6.45, 7) is 4.08. The van der Waals surface area contributed by atoms with Gasteiger partial charge in [0.2, 0.25) is 0 Å². The van der Waals surface area contributed by atoms with E-state index in [1.165, 1.54) is 0 Å². The molecule has 0 N–H and O–H groups in total. The molecule has 3 rings (SSSR count). The number of benzene rings is 3. The average Bonchev–Trinajstić information content (AvgIpc) is 2.62. The van der Waals surface area contributed by atoms with Crippen LogP contribution in [0, 0.1) is 13.8 Å². The number of aryl methyl sites for hydroxylation is 2. The van der Waals surface area contributed by atoms with E-state index in [1.54, 1.807) is 7.11 Å². The molecule has 0 fully saturated rings. The average molecular weight is 336 g/mol. The highest BCUT2D eigenvalue weighted by Crippen LogP contribution is 2.34. The van der Waals surface area contributed by atoms with Crippen LogP contribution in [0.4, 0.5) is 0 Å². The molecule has 1 unspecified atom stereocenters. The largest absolute Gasteiger partial charge is 0.606 e. The molecule has 0 aliphatic heterocycles. The first-order valence-corrected chi connectivity index (χ1v) is 8.97. The number of hydrogen-bond donors (Lipinski definition) is 0. The highest BCUT2D eigenvalue weighted by atomic mass is 32.2. The van der Waals surface area contributed by atoms with Crippen molar-refractivity contribution in [2.45, 2.75) is 23.6 Å². The highest BCUT2D eigenvalue weighted by molar-refractivity contribution is 7.91. The van der Waals surface area contributed by atoms with Gasteiger partial charge < -0.3 is 9.29 Å². The minimum absolute atomic E-state index is 0.798. The summed E-state index contributed by atoms with van der Waals surface area (Å²) in [4.78, 5) is 1.63. The number of methoxy groups -OCH3 is 1. The summed E-state index contributed by atoms with van der Waals surface area (Å²) in [5.41, 5.74) is 4.31. The molecule has 24 heavy (non-hydrogen) atoms. The Kier molecular flexibility index (Phi) is 4.93. The first kappa shape index (κ1) is 16.6. The van der Waals surface area contributed by atoms with E-state index < -0.39 is 11.2 Å². The summed E-state index contributed by atoms with van der Waals surface area (Å²) < 4.78 is 18.5. The van der Waals surface area contributed by atoms with Crippen molar-refractivity contribution in [1.82, 2.24) is 0 Å². The van der Waals surface area contributed by atoms with Crippen LogP contribution >= 0.6 is 0 Å². The van der Waals surface area contributed by atoms with E-state index in [9.17, 15) is 4.55 Å². The lowest BCUT2D eigenvalue weighted by Crippen LogP contribution is -2.04. The predicted octanol–water partition coefficient (Wildman–Crippen LogP) is 5.15. The Bertz CT molecular complexity index is 841. The number of ether oxygens (including phenoxy) is 1. The summed E-state index contributed by atoms with van der Waals surface area (Å²) in [5, 5.41) is 0. The van der Waals surface area contributed by atoms with Crippen LogP contribution in [0.3, 0.4) is 0 Å². The Morgan fingerprint density at radius 2 is 1.54 bits per heavy atom.